The zero-order valence-corrected chi connectivity index (χ0v) is 9.88. The third-order valence-corrected chi connectivity index (χ3v) is 5.85. The maximum Gasteiger partial charge on any atom is 0.160 e. The van der Waals surface area contributed by atoms with Gasteiger partial charge >= 0.3 is 0 Å². The highest BCUT2D eigenvalue weighted by molar-refractivity contribution is 8.18. The second-order valence-electron chi connectivity index (χ2n) is 3.90. The fourth-order valence-electron chi connectivity index (χ4n) is 2.07. The average molecular weight is 218 g/mol. The molecule has 1 spiro atoms. The van der Waals surface area contributed by atoms with Gasteiger partial charge in [0.1, 0.15) is 0 Å². The van der Waals surface area contributed by atoms with Crippen LogP contribution in [0.25, 0.3) is 0 Å². The summed E-state index contributed by atoms with van der Waals surface area (Å²) in [6, 6.07) is 0. The van der Waals surface area contributed by atoms with E-state index in [9.17, 15) is 0 Å². The van der Waals surface area contributed by atoms with Crippen LogP contribution in [0.4, 0.5) is 0 Å². The molecule has 2 saturated heterocycles. The normalized spacial score (nSPS) is 32.5. The molecule has 2 rings (SSSR count). The molecule has 0 unspecified atom stereocenters. The second-order valence-corrected chi connectivity index (χ2v) is 6.87. The molecular formula is C10H18OS2. The van der Waals surface area contributed by atoms with Gasteiger partial charge in [0.25, 0.3) is 0 Å². The molecule has 0 amide bonds. The van der Waals surface area contributed by atoms with Crippen LogP contribution in [0.15, 0.2) is 0 Å². The second kappa shape index (κ2) is 4.45. The van der Waals surface area contributed by atoms with Gasteiger partial charge < -0.3 is 4.74 Å². The molecule has 3 heteroatoms. The number of hydrogen-bond donors (Lipinski definition) is 0. The first-order chi connectivity index (χ1) is 6.35. The van der Waals surface area contributed by atoms with Crippen LogP contribution in [0.2, 0.25) is 0 Å². The lowest BCUT2D eigenvalue weighted by Gasteiger charge is -2.30. The molecule has 2 fully saturated rings. The van der Waals surface area contributed by atoms with Gasteiger partial charge in [0.05, 0.1) is 6.61 Å². The van der Waals surface area contributed by atoms with Crippen LogP contribution in [-0.2, 0) is 4.74 Å². The number of hydrogen-bond acceptors (Lipinski definition) is 3. The first kappa shape index (κ1) is 10.2. The average Bonchev–Trinajstić information content (AvgIpc) is 2.51. The quantitative estimate of drug-likeness (QED) is 0.703. The van der Waals surface area contributed by atoms with Crippen molar-refractivity contribution in [1.82, 2.24) is 0 Å². The Kier molecular flexibility index (Phi) is 3.49. The Hall–Kier alpha value is 0.660. The molecule has 0 saturated carbocycles. The van der Waals surface area contributed by atoms with Gasteiger partial charge in [-0.05, 0) is 30.3 Å². The predicted octanol–water partition coefficient (Wildman–Crippen LogP) is 3.35. The smallest absolute Gasteiger partial charge is 0.160 e. The molecule has 76 valence electrons. The van der Waals surface area contributed by atoms with E-state index in [2.05, 4.69) is 6.92 Å². The summed E-state index contributed by atoms with van der Waals surface area (Å²) in [6.07, 6.45) is 5.30. The van der Waals surface area contributed by atoms with E-state index in [1.165, 1.54) is 37.2 Å². The molecule has 0 aromatic rings. The highest BCUT2D eigenvalue weighted by Crippen LogP contribution is 2.51. The molecule has 0 radical (unpaired) electrons. The molecular weight excluding hydrogens is 200 g/mol. The first-order valence-electron chi connectivity index (χ1n) is 5.26. The number of rotatable bonds is 2. The lowest BCUT2D eigenvalue weighted by molar-refractivity contribution is 0.141. The van der Waals surface area contributed by atoms with Crippen LogP contribution in [0.3, 0.4) is 0 Å². The Morgan fingerprint density at radius 3 is 2.85 bits per heavy atom. The molecule has 0 aliphatic carbocycles. The summed E-state index contributed by atoms with van der Waals surface area (Å²) in [4.78, 5) is 0. The maximum absolute atomic E-state index is 5.97. The van der Waals surface area contributed by atoms with Gasteiger partial charge in [-0.2, -0.15) is 0 Å². The molecule has 0 aromatic heterocycles. The molecule has 0 bridgehead atoms. The van der Waals surface area contributed by atoms with Crippen molar-refractivity contribution in [3.05, 3.63) is 0 Å². The summed E-state index contributed by atoms with van der Waals surface area (Å²) >= 11 is 4.09. The Bertz CT molecular complexity index is 166. The van der Waals surface area contributed by atoms with E-state index in [-0.39, 0.29) is 4.27 Å². The van der Waals surface area contributed by atoms with Crippen LogP contribution in [0, 0.1) is 5.92 Å². The zero-order valence-electron chi connectivity index (χ0n) is 8.25. The molecule has 0 N–H and O–H groups in total. The van der Waals surface area contributed by atoms with Gasteiger partial charge in [0, 0.05) is 6.42 Å². The Morgan fingerprint density at radius 1 is 1.38 bits per heavy atom. The van der Waals surface area contributed by atoms with E-state index >= 15 is 0 Å². The summed E-state index contributed by atoms with van der Waals surface area (Å²) < 4.78 is 6.15. The first-order valence-corrected chi connectivity index (χ1v) is 7.24. The SMILES string of the molecule is CCC[C@H]1COC2(C1)SCCCS2. The van der Waals surface area contributed by atoms with Crippen LogP contribution in [0.1, 0.15) is 32.6 Å². The minimum absolute atomic E-state index is 0.179. The highest BCUT2D eigenvalue weighted by atomic mass is 32.2. The van der Waals surface area contributed by atoms with Crippen molar-refractivity contribution in [2.75, 3.05) is 18.1 Å². The lowest BCUT2D eigenvalue weighted by atomic mass is 10.0. The van der Waals surface area contributed by atoms with E-state index in [0.717, 1.165) is 12.5 Å². The van der Waals surface area contributed by atoms with Crippen molar-refractivity contribution >= 4 is 23.5 Å². The summed E-state index contributed by atoms with van der Waals surface area (Å²) in [7, 11) is 0. The minimum Gasteiger partial charge on any atom is -0.355 e. The summed E-state index contributed by atoms with van der Waals surface area (Å²) in [5, 5.41) is 0. The number of ether oxygens (including phenoxy) is 1. The van der Waals surface area contributed by atoms with Crippen molar-refractivity contribution in [2.45, 2.75) is 36.9 Å². The highest BCUT2D eigenvalue weighted by Gasteiger charge is 2.42. The maximum atomic E-state index is 5.97. The molecule has 2 aliphatic rings. The van der Waals surface area contributed by atoms with E-state index < -0.39 is 0 Å². The van der Waals surface area contributed by atoms with Crippen molar-refractivity contribution in [3.63, 3.8) is 0 Å². The number of thioether (sulfide) groups is 2. The predicted molar refractivity (Wildman–Crippen MR) is 61.2 cm³/mol. The van der Waals surface area contributed by atoms with Gasteiger partial charge in [0.2, 0.25) is 0 Å². The van der Waals surface area contributed by atoms with Gasteiger partial charge in [0.15, 0.2) is 4.27 Å². The molecule has 13 heavy (non-hydrogen) atoms. The Labute approximate surface area is 89.4 Å². The van der Waals surface area contributed by atoms with Crippen molar-refractivity contribution in [2.24, 2.45) is 5.92 Å². The van der Waals surface area contributed by atoms with Crippen LogP contribution in [-0.4, -0.2) is 22.4 Å². The van der Waals surface area contributed by atoms with Crippen LogP contribution >= 0.6 is 23.5 Å². The van der Waals surface area contributed by atoms with E-state index in [1.54, 1.807) is 0 Å². The van der Waals surface area contributed by atoms with E-state index in [4.69, 9.17) is 4.74 Å². The standard InChI is InChI=1S/C10H18OS2/c1-2-4-9-7-10(11-8-9)12-5-3-6-13-10/h9H,2-8H2,1H3/t9-/m1/s1. The third-order valence-electron chi connectivity index (χ3n) is 2.71. The fourth-order valence-corrected chi connectivity index (χ4v) is 5.29. The van der Waals surface area contributed by atoms with Crippen LogP contribution < -0.4 is 0 Å². The Balaban J connectivity index is 1.87. The topological polar surface area (TPSA) is 9.23 Å². The largest absolute Gasteiger partial charge is 0.355 e. The van der Waals surface area contributed by atoms with Crippen molar-refractivity contribution in [3.8, 4) is 0 Å². The molecule has 2 aliphatic heterocycles. The Morgan fingerprint density at radius 2 is 2.15 bits per heavy atom. The van der Waals surface area contributed by atoms with Crippen LogP contribution in [0.5, 0.6) is 0 Å². The zero-order chi connectivity index (χ0) is 9.15. The lowest BCUT2D eigenvalue weighted by Crippen LogP contribution is -2.23. The van der Waals surface area contributed by atoms with Crippen molar-refractivity contribution in [1.29, 1.82) is 0 Å². The summed E-state index contributed by atoms with van der Waals surface area (Å²) in [6.45, 7) is 3.28. The fraction of sp³-hybridized carbons (Fsp3) is 1.00. The van der Waals surface area contributed by atoms with Gasteiger partial charge in [-0.25, -0.2) is 0 Å². The monoisotopic (exact) mass is 218 g/mol. The molecule has 1 atom stereocenters. The molecule has 2 heterocycles. The summed E-state index contributed by atoms with van der Waals surface area (Å²) in [5.41, 5.74) is 0. The summed E-state index contributed by atoms with van der Waals surface area (Å²) in [5.74, 6) is 3.43. The minimum atomic E-state index is 0.179. The van der Waals surface area contributed by atoms with E-state index in [1.807, 2.05) is 23.5 Å². The molecule has 0 aromatic carbocycles. The molecule has 1 nitrogen and oxygen atoms in total. The third kappa shape index (κ3) is 2.37. The van der Waals surface area contributed by atoms with Gasteiger partial charge in [-0.15, -0.1) is 23.5 Å². The van der Waals surface area contributed by atoms with E-state index in [0.29, 0.717) is 0 Å². The van der Waals surface area contributed by atoms with Crippen molar-refractivity contribution < 1.29 is 4.74 Å². The van der Waals surface area contributed by atoms with Gasteiger partial charge in [-0.3, -0.25) is 0 Å². The van der Waals surface area contributed by atoms with Gasteiger partial charge in [-0.1, -0.05) is 13.3 Å².